The minimum absolute atomic E-state index is 0.0843. The van der Waals surface area contributed by atoms with Gasteiger partial charge >= 0.3 is 5.97 Å². The van der Waals surface area contributed by atoms with Crippen molar-refractivity contribution in [2.75, 3.05) is 6.61 Å². The van der Waals surface area contributed by atoms with E-state index in [0.29, 0.717) is 28.4 Å². The van der Waals surface area contributed by atoms with Crippen LogP contribution in [0, 0.1) is 6.92 Å². The molecule has 1 unspecified atom stereocenters. The number of ether oxygens (including phenoxy) is 2. The molecule has 1 aliphatic rings. The average Bonchev–Trinajstić information content (AvgIpc) is 2.61. The molecule has 1 atom stereocenters. The van der Waals surface area contributed by atoms with Gasteiger partial charge in [-0.1, -0.05) is 29.8 Å². The van der Waals surface area contributed by atoms with Crippen LogP contribution in [0.15, 0.2) is 46.6 Å². The summed E-state index contributed by atoms with van der Waals surface area (Å²) in [6, 6.07) is 8.80. The average molecular weight is 389 g/mol. The van der Waals surface area contributed by atoms with Gasteiger partial charge in [0.1, 0.15) is 11.3 Å². The van der Waals surface area contributed by atoms with Crippen LogP contribution in [0.1, 0.15) is 36.6 Å². The number of aryl methyl sites for hydroxylation is 1. The summed E-state index contributed by atoms with van der Waals surface area (Å²) in [4.78, 5) is 25.9. The van der Waals surface area contributed by atoms with Crippen LogP contribution in [-0.2, 0) is 16.1 Å². The van der Waals surface area contributed by atoms with Gasteiger partial charge in [0.25, 0.3) is 5.56 Å². The summed E-state index contributed by atoms with van der Waals surface area (Å²) in [6.45, 7) is 6.06. The molecule has 2 N–H and O–H groups in total. The maximum Gasteiger partial charge on any atom is 0.340 e. The number of esters is 1. The van der Waals surface area contributed by atoms with Gasteiger partial charge in [0.2, 0.25) is 5.88 Å². The van der Waals surface area contributed by atoms with Crippen LogP contribution >= 0.6 is 11.6 Å². The summed E-state index contributed by atoms with van der Waals surface area (Å²) in [7, 11) is 0. The van der Waals surface area contributed by atoms with E-state index in [2.05, 4.69) is 0 Å². The first kappa shape index (κ1) is 19.0. The molecule has 2 heterocycles. The Morgan fingerprint density at radius 3 is 2.67 bits per heavy atom. The van der Waals surface area contributed by atoms with E-state index in [1.165, 1.54) is 0 Å². The number of nitrogens with zero attached hydrogens (tertiary/aromatic N) is 1. The summed E-state index contributed by atoms with van der Waals surface area (Å²) < 4.78 is 12.5. The number of hydrogen-bond donors (Lipinski definition) is 1. The van der Waals surface area contributed by atoms with Crippen molar-refractivity contribution in [2.24, 2.45) is 5.73 Å². The molecule has 0 spiro atoms. The van der Waals surface area contributed by atoms with Crippen molar-refractivity contribution in [3.8, 4) is 5.75 Å². The highest BCUT2D eigenvalue weighted by atomic mass is 35.5. The zero-order chi connectivity index (χ0) is 19.7. The SMILES string of the molecule is CCOC(=O)C1=C(N)Oc2cc(C)n(CC)c(=O)c2C1c1ccccc1Cl. The van der Waals surface area contributed by atoms with Crippen molar-refractivity contribution in [3.05, 3.63) is 74.0 Å². The van der Waals surface area contributed by atoms with E-state index in [1.54, 1.807) is 41.8 Å². The van der Waals surface area contributed by atoms with Crippen molar-refractivity contribution in [2.45, 2.75) is 33.2 Å². The normalized spacial score (nSPS) is 15.9. The molecule has 1 aromatic heterocycles. The zero-order valence-corrected chi connectivity index (χ0v) is 16.2. The fourth-order valence-electron chi connectivity index (χ4n) is 3.41. The summed E-state index contributed by atoms with van der Waals surface area (Å²) in [5.41, 5.74) is 7.58. The number of fused-ring (bicyclic) bond motifs is 1. The van der Waals surface area contributed by atoms with Crippen LogP contribution in [0.2, 0.25) is 5.02 Å². The fraction of sp³-hybridized carbons (Fsp3) is 0.300. The Labute approximate surface area is 162 Å². The largest absolute Gasteiger partial charge is 0.462 e. The maximum absolute atomic E-state index is 13.2. The lowest BCUT2D eigenvalue weighted by atomic mass is 9.83. The second kappa shape index (κ2) is 7.48. The highest BCUT2D eigenvalue weighted by Crippen LogP contribution is 2.43. The maximum atomic E-state index is 13.2. The van der Waals surface area contributed by atoms with Crippen LogP contribution in [0.5, 0.6) is 5.75 Å². The van der Waals surface area contributed by atoms with Crippen molar-refractivity contribution in [1.29, 1.82) is 0 Å². The molecule has 3 rings (SSSR count). The number of benzene rings is 1. The van der Waals surface area contributed by atoms with Gasteiger partial charge in [0.15, 0.2) is 0 Å². The Morgan fingerprint density at radius 1 is 1.33 bits per heavy atom. The van der Waals surface area contributed by atoms with Crippen LogP contribution in [0.4, 0.5) is 0 Å². The first-order chi connectivity index (χ1) is 12.9. The van der Waals surface area contributed by atoms with Crippen molar-refractivity contribution in [3.63, 3.8) is 0 Å². The molecule has 27 heavy (non-hydrogen) atoms. The molecular weight excluding hydrogens is 368 g/mol. The van der Waals surface area contributed by atoms with E-state index in [0.717, 1.165) is 5.69 Å². The number of rotatable bonds is 4. The molecule has 0 fully saturated rings. The van der Waals surface area contributed by atoms with Gasteiger partial charge in [-0.25, -0.2) is 4.79 Å². The molecular formula is C20H21ClN2O4. The van der Waals surface area contributed by atoms with Gasteiger partial charge in [-0.05, 0) is 32.4 Å². The quantitative estimate of drug-likeness (QED) is 0.814. The Balaban J connectivity index is 2.35. The third kappa shape index (κ3) is 3.21. The standard InChI is InChI=1S/C20H21ClN2O4/c1-4-23-11(3)10-14-16(19(23)24)15(12-8-6-7-9-13(12)21)17(18(22)27-14)20(25)26-5-2/h6-10,15H,4-5,22H2,1-3H3. The van der Waals surface area contributed by atoms with E-state index in [-0.39, 0.29) is 23.6 Å². The Kier molecular flexibility index (Phi) is 5.28. The molecule has 0 saturated heterocycles. The summed E-state index contributed by atoms with van der Waals surface area (Å²) in [5.74, 6) is -1.16. The van der Waals surface area contributed by atoms with Gasteiger partial charge in [0.05, 0.1) is 18.1 Å². The number of carbonyl (C=O) groups excluding carboxylic acids is 1. The van der Waals surface area contributed by atoms with Crippen molar-refractivity contribution >= 4 is 17.6 Å². The van der Waals surface area contributed by atoms with Gasteiger partial charge in [0, 0.05) is 23.3 Å². The van der Waals surface area contributed by atoms with E-state index >= 15 is 0 Å². The molecule has 2 aromatic rings. The molecule has 0 saturated carbocycles. The topological polar surface area (TPSA) is 83.5 Å². The van der Waals surface area contributed by atoms with Crippen LogP contribution in [-0.4, -0.2) is 17.1 Å². The minimum atomic E-state index is -0.771. The highest BCUT2D eigenvalue weighted by molar-refractivity contribution is 6.31. The fourth-order valence-corrected chi connectivity index (χ4v) is 3.65. The van der Waals surface area contributed by atoms with Crippen molar-refractivity contribution in [1.82, 2.24) is 4.57 Å². The molecule has 0 radical (unpaired) electrons. The number of hydrogen-bond acceptors (Lipinski definition) is 5. The lowest BCUT2D eigenvalue weighted by Gasteiger charge is -2.29. The predicted octanol–water partition coefficient (Wildman–Crippen LogP) is 3.09. The van der Waals surface area contributed by atoms with Gasteiger partial charge < -0.3 is 19.8 Å². The summed E-state index contributed by atoms with van der Waals surface area (Å²) in [5, 5.41) is 0.424. The highest BCUT2D eigenvalue weighted by Gasteiger charge is 2.39. The predicted molar refractivity (Wildman–Crippen MR) is 103 cm³/mol. The smallest absolute Gasteiger partial charge is 0.340 e. The third-order valence-corrected chi connectivity index (χ3v) is 4.94. The number of halogens is 1. The number of aromatic nitrogens is 1. The van der Waals surface area contributed by atoms with E-state index in [9.17, 15) is 9.59 Å². The molecule has 1 aromatic carbocycles. The monoisotopic (exact) mass is 388 g/mol. The minimum Gasteiger partial charge on any atom is -0.462 e. The van der Waals surface area contributed by atoms with E-state index < -0.39 is 11.9 Å². The van der Waals surface area contributed by atoms with Gasteiger partial charge in [-0.15, -0.1) is 0 Å². The lowest BCUT2D eigenvalue weighted by Crippen LogP contribution is -2.35. The molecule has 142 valence electrons. The number of carbonyl (C=O) groups is 1. The Bertz CT molecular complexity index is 994. The summed E-state index contributed by atoms with van der Waals surface area (Å²) in [6.07, 6.45) is 0. The third-order valence-electron chi connectivity index (χ3n) is 4.60. The number of nitrogens with two attached hydrogens (primary N) is 1. The number of pyridine rings is 1. The van der Waals surface area contributed by atoms with Gasteiger partial charge in [-0.2, -0.15) is 0 Å². The molecule has 6 nitrogen and oxygen atoms in total. The van der Waals surface area contributed by atoms with Crippen LogP contribution < -0.4 is 16.0 Å². The molecule has 7 heteroatoms. The Morgan fingerprint density at radius 2 is 2.04 bits per heavy atom. The summed E-state index contributed by atoms with van der Waals surface area (Å²) >= 11 is 6.41. The lowest BCUT2D eigenvalue weighted by molar-refractivity contribution is -0.139. The zero-order valence-electron chi connectivity index (χ0n) is 15.4. The van der Waals surface area contributed by atoms with E-state index in [1.807, 2.05) is 13.8 Å². The first-order valence-electron chi connectivity index (χ1n) is 8.74. The van der Waals surface area contributed by atoms with Crippen LogP contribution in [0.25, 0.3) is 0 Å². The molecule has 0 amide bonds. The second-order valence-electron chi connectivity index (χ2n) is 6.17. The van der Waals surface area contributed by atoms with Crippen molar-refractivity contribution < 1.29 is 14.3 Å². The molecule has 1 aliphatic heterocycles. The van der Waals surface area contributed by atoms with Gasteiger partial charge in [-0.3, -0.25) is 4.79 Å². The second-order valence-corrected chi connectivity index (χ2v) is 6.58. The molecule has 0 bridgehead atoms. The first-order valence-corrected chi connectivity index (χ1v) is 9.11. The Hall–Kier alpha value is -2.73. The van der Waals surface area contributed by atoms with E-state index in [4.69, 9.17) is 26.8 Å². The van der Waals surface area contributed by atoms with Crippen LogP contribution in [0.3, 0.4) is 0 Å². The molecule has 0 aliphatic carbocycles.